The van der Waals surface area contributed by atoms with Gasteiger partial charge in [0.1, 0.15) is 11.9 Å². The van der Waals surface area contributed by atoms with E-state index in [1.165, 1.54) is 4.31 Å². The summed E-state index contributed by atoms with van der Waals surface area (Å²) >= 11 is 0. The van der Waals surface area contributed by atoms with Crippen molar-refractivity contribution in [2.75, 3.05) is 6.54 Å². The molecule has 0 N–H and O–H groups in total. The fourth-order valence-electron chi connectivity index (χ4n) is 3.21. The van der Waals surface area contributed by atoms with E-state index in [1.807, 2.05) is 45.0 Å². The predicted molar refractivity (Wildman–Crippen MR) is 121 cm³/mol. The quantitative estimate of drug-likeness (QED) is 0.367. The second-order valence-corrected chi connectivity index (χ2v) is 9.85. The van der Waals surface area contributed by atoms with Gasteiger partial charge >= 0.3 is 0 Å². The van der Waals surface area contributed by atoms with E-state index in [2.05, 4.69) is 24.1 Å². The molecule has 3 rings (SSSR count). The van der Waals surface area contributed by atoms with Crippen molar-refractivity contribution in [1.29, 1.82) is 0 Å². The molecule has 1 aliphatic rings. The third-order valence-corrected chi connectivity index (χ3v) is 6.52. The zero-order valence-corrected chi connectivity index (χ0v) is 18.7. The number of hydrogen-bond acceptors (Lipinski definition) is 3. The van der Waals surface area contributed by atoms with Crippen molar-refractivity contribution in [3.8, 4) is 17.7 Å². The Hall–Kier alpha value is -2.71. The van der Waals surface area contributed by atoms with Gasteiger partial charge in [0, 0.05) is 12.6 Å². The lowest BCUT2D eigenvalue weighted by atomic mass is 10.1. The largest absolute Gasteiger partial charge is 0.485 e. The molecule has 0 fully saturated rings. The number of rotatable bonds is 6. The Morgan fingerprint density at radius 1 is 1.13 bits per heavy atom. The summed E-state index contributed by atoms with van der Waals surface area (Å²) in [6.07, 6.45) is 7.42. The number of nitrogens with zero attached hydrogens (tertiary/aromatic N) is 1. The summed E-state index contributed by atoms with van der Waals surface area (Å²) in [5.41, 5.74) is 1.70. The van der Waals surface area contributed by atoms with Crippen LogP contribution in [0.4, 0.5) is 0 Å². The van der Waals surface area contributed by atoms with Crippen molar-refractivity contribution >= 4 is 10.0 Å². The topological polar surface area (TPSA) is 46.6 Å². The molecule has 30 heavy (non-hydrogen) atoms. The minimum Gasteiger partial charge on any atom is -0.485 e. The maximum Gasteiger partial charge on any atom is 0.270 e. The maximum absolute atomic E-state index is 13.2. The number of sulfonamides is 1. The minimum absolute atomic E-state index is 0.0322. The van der Waals surface area contributed by atoms with E-state index < -0.39 is 10.0 Å². The summed E-state index contributed by atoms with van der Waals surface area (Å²) in [7, 11) is -3.72. The van der Waals surface area contributed by atoms with Crippen LogP contribution in [0.1, 0.15) is 44.2 Å². The van der Waals surface area contributed by atoms with Crippen molar-refractivity contribution in [3.63, 3.8) is 0 Å². The van der Waals surface area contributed by atoms with E-state index in [4.69, 9.17) is 4.74 Å². The van der Waals surface area contributed by atoms with E-state index in [0.29, 0.717) is 17.9 Å². The molecule has 0 aliphatic heterocycles. The van der Waals surface area contributed by atoms with Crippen LogP contribution in [-0.4, -0.2) is 25.4 Å². The first-order chi connectivity index (χ1) is 14.4. The summed E-state index contributed by atoms with van der Waals surface area (Å²) < 4.78 is 33.7. The molecule has 0 saturated carbocycles. The van der Waals surface area contributed by atoms with E-state index in [9.17, 15) is 8.42 Å². The van der Waals surface area contributed by atoms with Gasteiger partial charge in [0.2, 0.25) is 0 Å². The van der Waals surface area contributed by atoms with Gasteiger partial charge in [-0.25, -0.2) is 12.7 Å². The van der Waals surface area contributed by atoms with E-state index in [0.717, 1.165) is 24.8 Å². The van der Waals surface area contributed by atoms with Gasteiger partial charge in [-0.1, -0.05) is 49.8 Å². The molecule has 5 heteroatoms. The van der Waals surface area contributed by atoms with Crippen LogP contribution in [0.15, 0.2) is 65.6 Å². The predicted octanol–water partition coefficient (Wildman–Crippen LogP) is 5.14. The van der Waals surface area contributed by atoms with Crippen molar-refractivity contribution < 1.29 is 13.2 Å². The minimum atomic E-state index is -3.72. The van der Waals surface area contributed by atoms with Gasteiger partial charge in [0.05, 0.1) is 10.5 Å². The number of ether oxygens (including phenoxy) is 1. The van der Waals surface area contributed by atoms with Crippen molar-refractivity contribution in [3.05, 3.63) is 71.8 Å². The molecule has 0 aromatic heterocycles. The first-order valence-corrected chi connectivity index (χ1v) is 11.8. The molecule has 1 unspecified atom stereocenters. The zero-order chi connectivity index (χ0) is 21.6. The SMILES string of the molecule is Cc1ccc(S(=O)(=O)N(C#Cc2ccccc2OC2C=CCCC2)CC(C)C)cc1. The monoisotopic (exact) mass is 423 g/mol. The summed E-state index contributed by atoms with van der Waals surface area (Å²) in [4.78, 5) is 0.250. The Balaban J connectivity index is 1.91. The molecular formula is C25H29NO3S. The first kappa shape index (κ1) is 22.0. The average Bonchev–Trinajstić information content (AvgIpc) is 2.73. The van der Waals surface area contributed by atoms with Crippen molar-refractivity contribution in [1.82, 2.24) is 4.31 Å². The van der Waals surface area contributed by atoms with Gasteiger partial charge in [0.15, 0.2) is 0 Å². The zero-order valence-electron chi connectivity index (χ0n) is 17.8. The van der Waals surface area contributed by atoms with Crippen LogP contribution in [0.2, 0.25) is 0 Å². The van der Waals surface area contributed by atoms with Crippen LogP contribution in [0.25, 0.3) is 0 Å². The van der Waals surface area contributed by atoms with Crippen LogP contribution in [0.3, 0.4) is 0 Å². The normalized spacial score (nSPS) is 16.1. The Labute approximate surface area is 180 Å². The van der Waals surface area contributed by atoms with Crippen LogP contribution in [0.5, 0.6) is 5.75 Å². The smallest absolute Gasteiger partial charge is 0.270 e. The van der Waals surface area contributed by atoms with Gasteiger partial charge < -0.3 is 4.74 Å². The molecule has 4 nitrogen and oxygen atoms in total. The molecule has 1 aliphatic carbocycles. The average molecular weight is 424 g/mol. The van der Waals surface area contributed by atoms with Gasteiger partial charge in [0.25, 0.3) is 10.0 Å². The number of benzene rings is 2. The molecule has 0 heterocycles. The van der Waals surface area contributed by atoms with Crippen LogP contribution < -0.4 is 4.74 Å². The number of aryl methyl sites for hydroxylation is 1. The molecule has 0 radical (unpaired) electrons. The third-order valence-electron chi connectivity index (χ3n) is 4.83. The highest BCUT2D eigenvalue weighted by Gasteiger charge is 2.23. The molecule has 158 valence electrons. The second kappa shape index (κ2) is 9.86. The fourth-order valence-corrected chi connectivity index (χ4v) is 4.61. The highest BCUT2D eigenvalue weighted by Crippen LogP contribution is 2.23. The number of hydrogen-bond donors (Lipinski definition) is 0. The standard InChI is InChI=1S/C25H29NO3S/c1-20(2)19-26(30(27,28)24-15-13-21(3)14-16-24)18-17-22-9-7-8-12-25(22)29-23-10-5-4-6-11-23/h5,7-10,12-16,20,23H,4,6,11,19H2,1-3H3. The lowest BCUT2D eigenvalue weighted by Crippen LogP contribution is -2.30. The lowest BCUT2D eigenvalue weighted by Gasteiger charge is -2.21. The van der Waals surface area contributed by atoms with Gasteiger partial charge in [-0.3, -0.25) is 0 Å². The summed E-state index contributed by atoms with van der Waals surface area (Å²) in [5.74, 6) is 3.86. The molecule has 0 amide bonds. The first-order valence-electron chi connectivity index (χ1n) is 10.4. The second-order valence-electron chi connectivity index (χ2n) is 7.99. The molecule has 0 saturated heterocycles. The fraction of sp³-hybridized carbons (Fsp3) is 0.360. The van der Waals surface area contributed by atoms with E-state index >= 15 is 0 Å². The number of para-hydroxylation sites is 1. The molecule has 0 bridgehead atoms. The van der Waals surface area contributed by atoms with Gasteiger partial charge in [-0.2, -0.15) is 0 Å². The van der Waals surface area contributed by atoms with Gasteiger partial charge in [-0.15, -0.1) is 0 Å². The van der Waals surface area contributed by atoms with Crippen LogP contribution >= 0.6 is 0 Å². The highest BCUT2D eigenvalue weighted by molar-refractivity contribution is 7.89. The summed E-state index contributed by atoms with van der Waals surface area (Å²) in [5, 5.41) is 0. The van der Waals surface area contributed by atoms with Crippen molar-refractivity contribution in [2.24, 2.45) is 5.92 Å². The number of allylic oxidation sites excluding steroid dienone is 1. The molecule has 2 aromatic carbocycles. The summed E-state index contributed by atoms with van der Waals surface area (Å²) in [6, 6.07) is 17.3. The summed E-state index contributed by atoms with van der Waals surface area (Å²) in [6.45, 7) is 6.20. The Bertz CT molecular complexity index is 1040. The van der Waals surface area contributed by atoms with Crippen LogP contribution in [0, 0.1) is 24.8 Å². The highest BCUT2D eigenvalue weighted by atomic mass is 32.2. The Morgan fingerprint density at radius 3 is 2.53 bits per heavy atom. The Morgan fingerprint density at radius 2 is 1.87 bits per heavy atom. The molecular weight excluding hydrogens is 394 g/mol. The van der Waals surface area contributed by atoms with E-state index in [1.54, 1.807) is 24.3 Å². The van der Waals surface area contributed by atoms with Gasteiger partial charge in [-0.05, 0) is 68.4 Å². The maximum atomic E-state index is 13.2. The third kappa shape index (κ3) is 5.67. The lowest BCUT2D eigenvalue weighted by molar-refractivity contribution is 0.229. The van der Waals surface area contributed by atoms with E-state index in [-0.39, 0.29) is 16.9 Å². The molecule has 1 atom stereocenters. The van der Waals surface area contributed by atoms with Crippen LogP contribution in [-0.2, 0) is 10.0 Å². The van der Waals surface area contributed by atoms with Crippen molar-refractivity contribution in [2.45, 2.75) is 51.0 Å². The molecule has 2 aromatic rings. The molecule has 0 spiro atoms. The Kier molecular flexibility index (Phi) is 7.23.